The van der Waals surface area contributed by atoms with Crippen LogP contribution < -0.4 is 9.47 Å². The zero-order valence-corrected chi connectivity index (χ0v) is 14.9. The first-order chi connectivity index (χ1) is 12.8. The van der Waals surface area contributed by atoms with Crippen LogP contribution in [0.4, 0.5) is 0 Å². The lowest BCUT2D eigenvalue weighted by Crippen LogP contribution is -2.15. The van der Waals surface area contributed by atoms with E-state index in [-0.39, 0.29) is 6.42 Å². The van der Waals surface area contributed by atoms with E-state index in [0.717, 1.165) is 17.0 Å². The first-order valence-electron chi connectivity index (χ1n) is 8.01. The second-order valence-corrected chi connectivity index (χ2v) is 6.28. The van der Waals surface area contributed by atoms with Gasteiger partial charge in [-0.25, -0.2) is 15.0 Å². The Hall–Kier alpha value is -3.05. The number of rotatable bonds is 4. The third-order valence-electron chi connectivity index (χ3n) is 3.93. The van der Waals surface area contributed by atoms with Crippen LogP contribution in [0.5, 0.6) is 11.5 Å². The second kappa shape index (κ2) is 7.06. The first kappa shape index (κ1) is 16.4. The Morgan fingerprint density at radius 2 is 2.04 bits per heavy atom. The van der Waals surface area contributed by atoms with E-state index in [1.165, 1.54) is 11.8 Å². The maximum atomic E-state index is 9.17. The van der Waals surface area contributed by atoms with Crippen molar-refractivity contribution in [3.8, 4) is 34.8 Å². The number of nitrogens with zero attached hydrogens (tertiary/aromatic N) is 5. The summed E-state index contributed by atoms with van der Waals surface area (Å²) in [4.78, 5) is 13.3. The zero-order chi connectivity index (χ0) is 17.9. The average molecular weight is 365 g/mol. The van der Waals surface area contributed by atoms with Gasteiger partial charge in [0, 0.05) is 11.8 Å². The van der Waals surface area contributed by atoms with Crippen molar-refractivity contribution >= 4 is 11.8 Å². The number of imidazole rings is 1. The zero-order valence-electron chi connectivity index (χ0n) is 14.0. The van der Waals surface area contributed by atoms with Crippen LogP contribution in [0, 0.1) is 11.3 Å². The molecule has 0 aliphatic carbocycles. The highest BCUT2D eigenvalue weighted by atomic mass is 32.2. The molecule has 0 N–H and O–H groups in total. The van der Waals surface area contributed by atoms with E-state index in [2.05, 4.69) is 21.0 Å². The molecule has 7 nitrogen and oxygen atoms in total. The molecule has 0 saturated carbocycles. The molecule has 3 aromatic rings. The van der Waals surface area contributed by atoms with E-state index < -0.39 is 0 Å². The first-order valence-corrected chi connectivity index (χ1v) is 9.23. The second-order valence-electron chi connectivity index (χ2n) is 5.50. The van der Waals surface area contributed by atoms with Crippen molar-refractivity contribution in [2.75, 3.05) is 19.5 Å². The van der Waals surface area contributed by atoms with Crippen molar-refractivity contribution in [1.82, 2.24) is 19.5 Å². The van der Waals surface area contributed by atoms with Crippen LogP contribution in [0.15, 0.2) is 41.8 Å². The van der Waals surface area contributed by atoms with Crippen molar-refractivity contribution < 1.29 is 9.47 Å². The van der Waals surface area contributed by atoms with E-state index in [1.807, 2.05) is 35.1 Å². The van der Waals surface area contributed by atoms with Crippen LogP contribution in [-0.4, -0.2) is 39.0 Å². The van der Waals surface area contributed by atoms with Gasteiger partial charge in [-0.3, -0.25) is 4.57 Å². The topological polar surface area (TPSA) is 85.9 Å². The van der Waals surface area contributed by atoms with Crippen LogP contribution in [0.3, 0.4) is 0 Å². The maximum Gasteiger partial charge on any atom is 0.189 e. The van der Waals surface area contributed by atoms with Gasteiger partial charge in [-0.05, 0) is 30.5 Å². The summed E-state index contributed by atoms with van der Waals surface area (Å²) in [7, 11) is 0. The number of fused-ring (bicyclic) bond motifs is 1. The van der Waals surface area contributed by atoms with Crippen molar-refractivity contribution in [1.29, 1.82) is 5.26 Å². The molecule has 0 atom stereocenters. The number of hydrogen-bond acceptors (Lipinski definition) is 7. The number of aromatic nitrogens is 4. The molecule has 1 aromatic carbocycles. The number of hydrogen-bond donors (Lipinski definition) is 0. The molecule has 0 bridgehead atoms. The lowest BCUT2D eigenvalue weighted by molar-refractivity contribution is 0.171. The molecule has 2 aromatic heterocycles. The predicted molar refractivity (Wildman–Crippen MR) is 96.7 cm³/mol. The summed E-state index contributed by atoms with van der Waals surface area (Å²) in [6.45, 7) is 1.07. The fourth-order valence-electron chi connectivity index (χ4n) is 2.79. The summed E-state index contributed by atoms with van der Waals surface area (Å²) < 4.78 is 13.1. The highest BCUT2D eigenvalue weighted by Gasteiger charge is 2.18. The van der Waals surface area contributed by atoms with Crippen LogP contribution in [-0.2, 0) is 6.42 Å². The molecule has 1 aliphatic rings. The van der Waals surface area contributed by atoms with Gasteiger partial charge in [0.15, 0.2) is 16.7 Å². The molecular weight excluding hydrogens is 350 g/mol. The number of ether oxygens (including phenoxy) is 2. The molecule has 0 unspecified atom stereocenters. The molecule has 8 heteroatoms. The number of nitriles is 1. The molecule has 4 rings (SSSR count). The molecule has 0 amide bonds. The Morgan fingerprint density at radius 3 is 2.85 bits per heavy atom. The summed E-state index contributed by atoms with van der Waals surface area (Å²) in [6, 6.07) is 9.70. The van der Waals surface area contributed by atoms with Crippen molar-refractivity contribution in [3.05, 3.63) is 42.4 Å². The predicted octanol–water partition coefficient (Wildman–Crippen LogP) is 2.89. The molecule has 0 fully saturated rings. The van der Waals surface area contributed by atoms with Gasteiger partial charge in [-0.1, -0.05) is 11.8 Å². The maximum absolute atomic E-state index is 9.17. The largest absolute Gasteiger partial charge is 0.486 e. The van der Waals surface area contributed by atoms with E-state index in [4.69, 9.17) is 14.7 Å². The van der Waals surface area contributed by atoms with E-state index >= 15 is 0 Å². The molecular formula is C18H15N5O2S. The smallest absolute Gasteiger partial charge is 0.189 e. The molecule has 3 heterocycles. The van der Waals surface area contributed by atoms with Gasteiger partial charge in [0.05, 0.1) is 24.4 Å². The Bertz CT molecular complexity index is 995. The van der Waals surface area contributed by atoms with E-state index in [1.54, 1.807) is 12.4 Å². The Morgan fingerprint density at radius 1 is 1.19 bits per heavy atom. The minimum Gasteiger partial charge on any atom is -0.486 e. The van der Waals surface area contributed by atoms with Gasteiger partial charge in [-0.2, -0.15) is 5.26 Å². The lowest BCUT2D eigenvalue weighted by Gasteiger charge is -2.19. The molecule has 0 saturated heterocycles. The highest BCUT2D eigenvalue weighted by molar-refractivity contribution is 7.98. The highest BCUT2D eigenvalue weighted by Crippen LogP contribution is 2.35. The standard InChI is InChI=1S/C18H15N5O2S/c1-26-18-20-7-5-16(22-18)23-13(4-6-19)11-21-17(23)12-2-3-14-15(10-12)25-9-8-24-14/h2-3,5,7,10-11H,4,8-9H2,1H3. The third-order valence-corrected chi connectivity index (χ3v) is 4.49. The van der Waals surface area contributed by atoms with Gasteiger partial charge in [0.1, 0.15) is 24.9 Å². The quantitative estimate of drug-likeness (QED) is 0.519. The summed E-state index contributed by atoms with van der Waals surface area (Å²) >= 11 is 1.46. The minimum atomic E-state index is 0.232. The van der Waals surface area contributed by atoms with Gasteiger partial charge in [0.2, 0.25) is 0 Å². The van der Waals surface area contributed by atoms with Gasteiger partial charge < -0.3 is 9.47 Å². The van der Waals surface area contributed by atoms with Crippen molar-refractivity contribution in [2.45, 2.75) is 11.6 Å². The molecule has 130 valence electrons. The Balaban J connectivity index is 1.85. The van der Waals surface area contributed by atoms with Crippen LogP contribution >= 0.6 is 11.8 Å². The summed E-state index contributed by atoms with van der Waals surface area (Å²) in [5.74, 6) is 2.79. The minimum absolute atomic E-state index is 0.232. The molecule has 0 spiro atoms. The monoisotopic (exact) mass is 365 g/mol. The third kappa shape index (κ3) is 2.97. The normalized spacial score (nSPS) is 12.6. The van der Waals surface area contributed by atoms with E-state index in [9.17, 15) is 0 Å². The van der Waals surface area contributed by atoms with Gasteiger partial charge in [0.25, 0.3) is 0 Å². The molecule has 26 heavy (non-hydrogen) atoms. The van der Waals surface area contributed by atoms with E-state index in [0.29, 0.717) is 35.8 Å². The SMILES string of the molecule is CSc1nccc(-n2c(CC#N)cnc2-c2ccc3c(c2)OCCO3)n1. The average Bonchev–Trinajstić information content (AvgIpc) is 3.11. The van der Waals surface area contributed by atoms with Crippen LogP contribution in [0.1, 0.15) is 5.69 Å². The number of benzene rings is 1. The number of thioether (sulfide) groups is 1. The molecule has 1 aliphatic heterocycles. The van der Waals surface area contributed by atoms with Gasteiger partial charge >= 0.3 is 0 Å². The van der Waals surface area contributed by atoms with Crippen LogP contribution in [0.25, 0.3) is 17.2 Å². The molecule has 0 radical (unpaired) electrons. The fraction of sp³-hybridized carbons (Fsp3) is 0.222. The van der Waals surface area contributed by atoms with Crippen LogP contribution in [0.2, 0.25) is 0 Å². The fourth-order valence-corrected chi connectivity index (χ4v) is 3.14. The summed E-state index contributed by atoms with van der Waals surface area (Å²) in [5, 5.41) is 9.82. The summed E-state index contributed by atoms with van der Waals surface area (Å²) in [5.41, 5.74) is 1.63. The lowest BCUT2D eigenvalue weighted by atomic mass is 10.1. The van der Waals surface area contributed by atoms with Crippen molar-refractivity contribution in [2.24, 2.45) is 0 Å². The summed E-state index contributed by atoms with van der Waals surface area (Å²) in [6.07, 6.45) is 5.56. The Kier molecular flexibility index (Phi) is 4.46. The van der Waals surface area contributed by atoms with Gasteiger partial charge in [-0.15, -0.1) is 0 Å². The Labute approximate surface area is 154 Å². The van der Waals surface area contributed by atoms with Crippen molar-refractivity contribution in [3.63, 3.8) is 0 Å².